The summed E-state index contributed by atoms with van der Waals surface area (Å²) in [6.45, 7) is 20.1. The molecule has 0 aromatic carbocycles. The third-order valence-corrected chi connectivity index (χ3v) is 7.37. The molecule has 0 saturated heterocycles. The first kappa shape index (κ1) is 43.6. The molecular formula is C34H72N2O8. The van der Waals surface area contributed by atoms with Crippen LogP contribution < -0.4 is 0 Å². The Hall–Kier alpha value is -0.400. The van der Waals surface area contributed by atoms with E-state index in [0.717, 1.165) is 12.8 Å². The lowest BCUT2D eigenvalue weighted by atomic mass is 9.95. The topological polar surface area (TPSA) is 80.3 Å². The van der Waals surface area contributed by atoms with E-state index in [0.29, 0.717) is 46.1 Å². The Bertz CT molecular complexity index is 600. The van der Waals surface area contributed by atoms with E-state index in [4.69, 9.17) is 38.3 Å². The van der Waals surface area contributed by atoms with Crippen molar-refractivity contribution in [3.8, 4) is 0 Å². The van der Waals surface area contributed by atoms with Gasteiger partial charge in [0.1, 0.15) is 6.10 Å². The van der Waals surface area contributed by atoms with Crippen molar-refractivity contribution in [1.82, 2.24) is 10.5 Å². The summed E-state index contributed by atoms with van der Waals surface area (Å²) in [6, 6.07) is 0. The lowest BCUT2D eigenvalue weighted by Crippen LogP contribution is -2.78. The summed E-state index contributed by atoms with van der Waals surface area (Å²) in [6.07, 6.45) is 16.7. The van der Waals surface area contributed by atoms with Crippen LogP contribution in [0.15, 0.2) is 0 Å². The summed E-state index contributed by atoms with van der Waals surface area (Å²) in [4.78, 5) is 24.4. The van der Waals surface area contributed by atoms with E-state index < -0.39 is 17.7 Å². The Labute approximate surface area is 271 Å². The van der Waals surface area contributed by atoms with E-state index in [9.17, 15) is 0 Å². The Morgan fingerprint density at radius 2 is 0.795 bits per heavy atom. The largest absolute Gasteiger partial charge is 0.374 e. The van der Waals surface area contributed by atoms with Gasteiger partial charge in [-0.1, -0.05) is 90.4 Å². The highest BCUT2D eigenvalue weighted by atomic mass is 17.0. The number of hydroxylamine groups is 4. The smallest absolute Gasteiger partial charge is 0.329 e. The summed E-state index contributed by atoms with van der Waals surface area (Å²) in [7, 11) is 0. The molecule has 0 aromatic heterocycles. The van der Waals surface area contributed by atoms with Crippen molar-refractivity contribution in [2.45, 2.75) is 170 Å². The fourth-order valence-corrected chi connectivity index (χ4v) is 5.62. The molecule has 10 heteroatoms. The first-order valence-corrected chi connectivity index (χ1v) is 18.1. The molecule has 10 nitrogen and oxygen atoms in total. The van der Waals surface area contributed by atoms with E-state index in [1.165, 1.54) is 81.1 Å². The number of rotatable bonds is 34. The summed E-state index contributed by atoms with van der Waals surface area (Å²) in [5.41, 5.74) is -1.59. The van der Waals surface area contributed by atoms with E-state index in [1.807, 2.05) is 55.4 Å². The number of unbranched alkanes of at least 4 members (excludes halogenated alkanes) is 12. The van der Waals surface area contributed by atoms with Crippen molar-refractivity contribution in [2.75, 3.05) is 52.9 Å². The second-order valence-electron chi connectivity index (χ2n) is 10.7. The molecule has 0 rings (SSSR count). The van der Waals surface area contributed by atoms with Crippen LogP contribution >= 0.6 is 0 Å². The third-order valence-electron chi connectivity index (χ3n) is 7.37. The molecule has 0 heterocycles. The zero-order chi connectivity index (χ0) is 32.9. The molecule has 0 fully saturated rings. The molecule has 0 spiro atoms. The molecule has 0 N–H and O–H groups in total. The van der Waals surface area contributed by atoms with E-state index in [1.54, 1.807) is 0 Å². The van der Waals surface area contributed by atoms with Crippen LogP contribution in [0.1, 0.15) is 152 Å². The molecule has 2 unspecified atom stereocenters. The molecule has 0 aliphatic heterocycles. The van der Waals surface area contributed by atoms with Gasteiger partial charge in [-0.25, -0.2) is 0 Å². The van der Waals surface area contributed by atoms with Gasteiger partial charge >= 0.3 is 5.91 Å². The van der Waals surface area contributed by atoms with Crippen LogP contribution in [0.25, 0.3) is 0 Å². The van der Waals surface area contributed by atoms with Crippen LogP contribution in [0.2, 0.25) is 0 Å². The number of hydrogen-bond acceptors (Lipinski definition) is 10. The van der Waals surface area contributed by atoms with Gasteiger partial charge in [-0.2, -0.15) is 0 Å². The summed E-state index contributed by atoms with van der Waals surface area (Å²) in [5.74, 6) is -1.76. The van der Waals surface area contributed by atoms with Crippen molar-refractivity contribution in [3.05, 3.63) is 0 Å². The first-order valence-electron chi connectivity index (χ1n) is 18.1. The Kier molecular flexibility index (Phi) is 28.5. The van der Waals surface area contributed by atoms with Crippen LogP contribution in [0.4, 0.5) is 0 Å². The van der Waals surface area contributed by atoms with Crippen molar-refractivity contribution in [2.24, 2.45) is 0 Å². The fraction of sp³-hybridized carbons (Fsp3) is 1.00. The maximum absolute atomic E-state index is 6.72. The van der Waals surface area contributed by atoms with Gasteiger partial charge in [-0.05, 0) is 67.0 Å². The van der Waals surface area contributed by atoms with Crippen molar-refractivity contribution < 1.29 is 38.3 Å². The zero-order valence-electron chi connectivity index (χ0n) is 30.3. The molecule has 0 amide bonds. The second kappa shape index (κ2) is 28.8. The van der Waals surface area contributed by atoms with Crippen LogP contribution in [-0.2, 0) is 38.3 Å². The normalized spacial score (nSPS) is 14.5. The predicted octanol–water partition coefficient (Wildman–Crippen LogP) is 8.74. The number of hydrogen-bond donors (Lipinski definition) is 0. The van der Waals surface area contributed by atoms with Gasteiger partial charge in [-0.15, -0.1) is 0 Å². The maximum atomic E-state index is 6.72. The molecule has 0 aromatic rings. The highest BCUT2D eigenvalue weighted by molar-refractivity contribution is 4.97. The van der Waals surface area contributed by atoms with Crippen molar-refractivity contribution >= 4 is 0 Å². The summed E-state index contributed by atoms with van der Waals surface area (Å²) < 4.78 is 26.3. The minimum absolute atomic E-state index is 0.273. The van der Waals surface area contributed by atoms with Gasteiger partial charge < -0.3 is 18.9 Å². The Morgan fingerprint density at radius 1 is 0.409 bits per heavy atom. The lowest BCUT2D eigenvalue weighted by Gasteiger charge is -2.55. The Balaban J connectivity index is 6.09. The Morgan fingerprint density at radius 3 is 1.16 bits per heavy atom. The number of nitrogens with zero attached hydrogens (tertiary/aromatic N) is 2. The SMILES string of the molecule is CCCCCCCCCCCCCCCC(OCC)C(OCC)(N(OCC)OCC)C(OCC)(OCC)N(OCC)OCC. The summed E-state index contributed by atoms with van der Waals surface area (Å²) >= 11 is 0. The maximum Gasteiger partial charge on any atom is 0.329 e. The zero-order valence-corrected chi connectivity index (χ0v) is 30.3. The standard InChI is InChI=1S/C34H72N2O8/c1-10-19-20-21-22-23-24-25-26-27-28-29-30-31-32(37-11-2)33(38-12-3,35(41-15-6)42-16-7)34(39-13-4,40-14-5)36(43-17-8)44-18-9/h32H,10-31H2,1-9H3. The monoisotopic (exact) mass is 637 g/mol. The highest BCUT2D eigenvalue weighted by Crippen LogP contribution is 2.44. The quantitative estimate of drug-likeness (QED) is 0.0388. The second-order valence-corrected chi connectivity index (χ2v) is 10.7. The molecule has 266 valence electrons. The first-order chi connectivity index (χ1) is 21.5. The molecule has 44 heavy (non-hydrogen) atoms. The average molecular weight is 637 g/mol. The van der Waals surface area contributed by atoms with Crippen LogP contribution in [-0.4, -0.2) is 81.0 Å². The summed E-state index contributed by atoms with van der Waals surface area (Å²) in [5, 5.41) is 2.64. The molecule has 0 radical (unpaired) electrons. The predicted molar refractivity (Wildman–Crippen MR) is 176 cm³/mol. The van der Waals surface area contributed by atoms with Gasteiger partial charge in [-0.3, -0.25) is 19.4 Å². The minimum atomic E-state index is -1.76. The van der Waals surface area contributed by atoms with Crippen molar-refractivity contribution in [3.63, 3.8) is 0 Å². The molecule has 0 saturated carbocycles. The van der Waals surface area contributed by atoms with Gasteiger partial charge in [0.25, 0.3) is 5.72 Å². The molecule has 2 atom stereocenters. The van der Waals surface area contributed by atoms with Gasteiger partial charge in [0.2, 0.25) is 0 Å². The van der Waals surface area contributed by atoms with Crippen LogP contribution in [0.5, 0.6) is 0 Å². The van der Waals surface area contributed by atoms with Gasteiger partial charge in [0.05, 0.1) is 26.4 Å². The van der Waals surface area contributed by atoms with E-state index in [-0.39, 0.29) is 13.2 Å². The fourth-order valence-electron chi connectivity index (χ4n) is 5.62. The van der Waals surface area contributed by atoms with Crippen LogP contribution in [0, 0.1) is 0 Å². The lowest BCUT2D eigenvalue weighted by molar-refractivity contribution is -0.610. The van der Waals surface area contributed by atoms with Gasteiger partial charge in [0.15, 0.2) is 0 Å². The minimum Gasteiger partial charge on any atom is -0.374 e. The van der Waals surface area contributed by atoms with Gasteiger partial charge in [0, 0.05) is 31.7 Å². The van der Waals surface area contributed by atoms with Crippen molar-refractivity contribution in [1.29, 1.82) is 0 Å². The van der Waals surface area contributed by atoms with E-state index in [2.05, 4.69) is 6.92 Å². The molecule has 0 aliphatic carbocycles. The van der Waals surface area contributed by atoms with Crippen LogP contribution in [0.3, 0.4) is 0 Å². The number of ether oxygens (including phenoxy) is 4. The molecular weight excluding hydrogens is 564 g/mol. The molecule has 0 aliphatic rings. The molecule has 0 bridgehead atoms. The third kappa shape index (κ3) is 14.6. The van der Waals surface area contributed by atoms with E-state index >= 15 is 0 Å². The average Bonchev–Trinajstić information content (AvgIpc) is 3.01. The highest BCUT2D eigenvalue weighted by Gasteiger charge is 2.70.